The van der Waals surface area contributed by atoms with Crippen LogP contribution in [-0.2, 0) is 0 Å². The highest BCUT2D eigenvalue weighted by Crippen LogP contribution is 2.34. The van der Waals surface area contributed by atoms with Gasteiger partial charge in [-0.1, -0.05) is 24.6 Å². The molecule has 3 N–H and O–H groups in total. The number of anilines is 1. The van der Waals surface area contributed by atoms with Gasteiger partial charge in [-0.05, 0) is 25.2 Å². The Kier molecular flexibility index (Phi) is 3.89. The molecule has 1 aromatic heterocycles. The van der Waals surface area contributed by atoms with Crippen LogP contribution >= 0.6 is 23.1 Å². The number of hydrogen-bond donors (Lipinski definition) is 2. The Labute approximate surface area is 126 Å². The van der Waals surface area contributed by atoms with Crippen molar-refractivity contribution in [3.8, 4) is 0 Å². The lowest BCUT2D eigenvalue weighted by Gasteiger charge is -2.18. The van der Waals surface area contributed by atoms with Crippen LogP contribution in [0.3, 0.4) is 0 Å². The summed E-state index contributed by atoms with van der Waals surface area (Å²) in [5, 5.41) is 4.69. The number of nitrogens with one attached hydrogen (secondary N) is 1. The minimum absolute atomic E-state index is 0.0188. The van der Waals surface area contributed by atoms with Crippen LogP contribution < -0.4 is 11.1 Å². The van der Waals surface area contributed by atoms with Gasteiger partial charge in [-0.25, -0.2) is 0 Å². The summed E-state index contributed by atoms with van der Waals surface area (Å²) in [6.45, 7) is 0. The number of carbonyl (C=O) groups excluding carboxylic acids is 1. The molecule has 0 bridgehead atoms. The first-order chi connectivity index (χ1) is 9.70. The normalized spacial score (nSPS) is 22.2. The zero-order chi connectivity index (χ0) is 14.1. The molecule has 0 aliphatic heterocycles. The van der Waals surface area contributed by atoms with E-state index >= 15 is 0 Å². The Morgan fingerprint density at radius 1 is 1.40 bits per heavy atom. The van der Waals surface area contributed by atoms with Gasteiger partial charge in [0.05, 0.1) is 5.69 Å². The van der Waals surface area contributed by atoms with E-state index in [0.717, 1.165) is 16.5 Å². The van der Waals surface area contributed by atoms with Crippen LogP contribution in [0.1, 0.15) is 28.9 Å². The highest BCUT2D eigenvalue weighted by atomic mass is 32.2. The summed E-state index contributed by atoms with van der Waals surface area (Å²) in [7, 11) is 0. The fourth-order valence-electron chi connectivity index (χ4n) is 2.84. The largest absolute Gasteiger partial charge is 0.397 e. The Balaban J connectivity index is 1.84. The van der Waals surface area contributed by atoms with E-state index in [-0.39, 0.29) is 11.9 Å². The highest BCUT2D eigenvalue weighted by molar-refractivity contribution is 7.99. The van der Waals surface area contributed by atoms with Crippen LogP contribution in [-0.4, -0.2) is 23.5 Å². The van der Waals surface area contributed by atoms with Crippen molar-refractivity contribution in [2.45, 2.75) is 30.6 Å². The molecule has 2 aromatic rings. The molecule has 106 valence electrons. The average molecular weight is 306 g/mol. The molecule has 0 saturated heterocycles. The number of hydrogen-bond acceptors (Lipinski definition) is 4. The van der Waals surface area contributed by atoms with Gasteiger partial charge in [0.25, 0.3) is 5.91 Å². The van der Waals surface area contributed by atoms with Crippen LogP contribution in [0.25, 0.3) is 10.1 Å². The molecule has 2 atom stereocenters. The topological polar surface area (TPSA) is 55.1 Å². The lowest BCUT2D eigenvalue weighted by Crippen LogP contribution is -2.38. The number of nitrogens with two attached hydrogens (primary N) is 1. The fourth-order valence-corrected chi connectivity index (χ4v) is 4.80. The number of thioether (sulfide) groups is 1. The van der Waals surface area contributed by atoms with Gasteiger partial charge in [0.2, 0.25) is 0 Å². The van der Waals surface area contributed by atoms with Crippen molar-refractivity contribution in [1.29, 1.82) is 0 Å². The first-order valence-corrected chi connectivity index (χ1v) is 8.92. The maximum atomic E-state index is 12.5. The third kappa shape index (κ3) is 2.40. The van der Waals surface area contributed by atoms with Crippen molar-refractivity contribution in [3.63, 3.8) is 0 Å². The standard InChI is InChI=1S/C15H18N2OS2/c1-19-12-8-4-6-10(12)17-15(18)14-13(16)9-5-2-3-7-11(9)20-14/h2-3,5,7,10,12H,4,6,8,16H2,1H3,(H,17,18). The van der Waals surface area contributed by atoms with E-state index in [9.17, 15) is 4.79 Å². The number of rotatable bonds is 3. The summed E-state index contributed by atoms with van der Waals surface area (Å²) in [5.41, 5.74) is 6.74. The smallest absolute Gasteiger partial charge is 0.263 e. The molecule has 1 aromatic carbocycles. The SMILES string of the molecule is CSC1CCCC1NC(=O)c1sc2ccccc2c1N. The molecule has 1 fully saturated rings. The third-order valence-corrected chi connectivity index (χ3v) is 6.27. The number of carbonyl (C=O) groups is 1. The first kappa shape index (κ1) is 13.8. The van der Waals surface area contributed by atoms with Crippen molar-refractivity contribution in [2.75, 3.05) is 12.0 Å². The molecule has 1 aliphatic rings. The van der Waals surface area contributed by atoms with Crippen LogP contribution in [0.5, 0.6) is 0 Å². The maximum absolute atomic E-state index is 12.5. The number of thiophene rings is 1. The van der Waals surface area contributed by atoms with E-state index in [1.165, 1.54) is 24.2 Å². The van der Waals surface area contributed by atoms with E-state index in [1.54, 1.807) is 0 Å². The summed E-state index contributed by atoms with van der Waals surface area (Å²) < 4.78 is 1.07. The van der Waals surface area contributed by atoms with E-state index in [1.807, 2.05) is 36.0 Å². The predicted molar refractivity (Wildman–Crippen MR) is 88.6 cm³/mol. The summed E-state index contributed by atoms with van der Waals surface area (Å²) in [6, 6.07) is 8.18. The zero-order valence-electron chi connectivity index (χ0n) is 11.4. The quantitative estimate of drug-likeness (QED) is 0.912. The van der Waals surface area contributed by atoms with E-state index in [2.05, 4.69) is 11.6 Å². The first-order valence-electron chi connectivity index (χ1n) is 6.81. The summed E-state index contributed by atoms with van der Waals surface area (Å²) >= 11 is 3.32. The molecule has 20 heavy (non-hydrogen) atoms. The molecule has 2 unspecified atom stereocenters. The van der Waals surface area contributed by atoms with Gasteiger partial charge in [0.1, 0.15) is 4.88 Å². The van der Waals surface area contributed by atoms with Gasteiger partial charge < -0.3 is 11.1 Å². The summed E-state index contributed by atoms with van der Waals surface area (Å²) in [5.74, 6) is -0.0188. The lowest BCUT2D eigenvalue weighted by molar-refractivity contribution is 0.0943. The number of amides is 1. The predicted octanol–water partition coefficient (Wildman–Crippen LogP) is 3.50. The fraction of sp³-hybridized carbons (Fsp3) is 0.400. The van der Waals surface area contributed by atoms with Crippen LogP contribution in [0.2, 0.25) is 0 Å². The van der Waals surface area contributed by atoms with E-state index in [0.29, 0.717) is 15.8 Å². The van der Waals surface area contributed by atoms with E-state index < -0.39 is 0 Å². The van der Waals surface area contributed by atoms with Gasteiger partial charge in [0.15, 0.2) is 0 Å². The van der Waals surface area contributed by atoms with Gasteiger partial charge in [0, 0.05) is 21.4 Å². The molecule has 1 saturated carbocycles. The molecule has 1 heterocycles. The number of benzene rings is 1. The van der Waals surface area contributed by atoms with Gasteiger partial charge in [-0.2, -0.15) is 11.8 Å². The summed E-state index contributed by atoms with van der Waals surface area (Å²) in [6.07, 6.45) is 5.57. The molecule has 0 radical (unpaired) electrons. The second-order valence-corrected chi connectivity index (χ2v) is 7.26. The van der Waals surface area contributed by atoms with Crippen LogP contribution in [0.4, 0.5) is 5.69 Å². The molecule has 5 heteroatoms. The van der Waals surface area contributed by atoms with Crippen molar-refractivity contribution in [2.24, 2.45) is 0 Å². The highest BCUT2D eigenvalue weighted by Gasteiger charge is 2.29. The van der Waals surface area contributed by atoms with Gasteiger partial charge in [-0.15, -0.1) is 11.3 Å². The van der Waals surface area contributed by atoms with Gasteiger partial charge >= 0.3 is 0 Å². The van der Waals surface area contributed by atoms with Gasteiger partial charge in [-0.3, -0.25) is 4.79 Å². The van der Waals surface area contributed by atoms with Crippen molar-refractivity contribution in [1.82, 2.24) is 5.32 Å². The number of nitrogen functional groups attached to an aromatic ring is 1. The van der Waals surface area contributed by atoms with Crippen LogP contribution in [0, 0.1) is 0 Å². The minimum atomic E-state index is -0.0188. The molecule has 0 spiro atoms. The molecule has 3 rings (SSSR count). The lowest BCUT2D eigenvalue weighted by atomic mass is 10.2. The molecular formula is C15H18N2OS2. The molecular weight excluding hydrogens is 288 g/mol. The maximum Gasteiger partial charge on any atom is 0.263 e. The molecule has 1 aliphatic carbocycles. The second kappa shape index (κ2) is 5.66. The zero-order valence-corrected chi connectivity index (χ0v) is 13.0. The summed E-state index contributed by atoms with van der Waals surface area (Å²) in [4.78, 5) is 13.1. The van der Waals surface area contributed by atoms with Crippen molar-refractivity contribution in [3.05, 3.63) is 29.1 Å². The average Bonchev–Trinajstić information content (AvgIpc) is 3.04. The van der Waals surface area contributed by atoms with Crippen molar-refractivity contribution < 1.29 is 4.79 Å². The number of fused-ring (bicyclic) bond motifs is 1. The monoisotopic (exact) mass is 306 g/mol. The molecule has 1 amide bonds. The Morgan fingerprint density at radius 3 is 2.95 bits per heavy atom. The van der Waals surface area contributed by atoms with E-state index in [4.69, 9.17) is 5.73 Å². The molecule has 3 nitrogen and oxygen atoms in total. The van der Waals surface area contributed by atoms with Crippen LogP contribution in [0.15, 0.2) is 24.3 Å². The van der Waals surface area contributed by atoms with Crippen molar-refractivity contribution >= 4 is 44.8 Å². The Morgan fingerprint density at radius 2 is 2.20 bits per heavy atom. The Hall–Kier alpha value is -1.20. The Bertz CT molecular complexity index is 638. The second-order valence-electron chi connectivity index (χ2n) is 5.13. The minimum Gasteiger partial charge on any atom is -0.397 e. The third-order valence-electron chi connectivity index (χ3n) is 3.91.